The normalized spacial score (nSPS) is 13.7. The van der Waals surface area contributed by atoms with Gasteiger partial charge in [0.25, 0.3) is 0 Å². The van der Waals surface area contributed by atoms with Crippen LogP contribution in [0.25, 0.3) is 0 Å². The largest absolute Gasteiger partial charge is 0.464 e. The highest BCUT2D eigenvalue weighted by Gasteiger charge is 2.24. The van der Waals surface area contributed by atoms with Crippen LogP contribution < -0.4 is 16.8 Å². The fourth-order valence-electron chi connectivity index (χ4n) is 1.02. The molecule has 0 aliphatic carbocycles. The molecule has 0 fully saturated rings. The minimum Gasteiger partial charge on any atom is -0.464 e. The average Bonchev–Trinajstić information content (AvgIpc) is 2.15. The molecule has 0 bridgehead atoms. The number of carbonyl (C=O) groups is 3. The van der Waals surface area contributed by atoms with E-state index in [1.54, 1.807) is 13.8 Å². The van der Waals surface area contributed by atoms with E-state index in [2.05, 4.69) is 10.1 Å². The molecule has 0 saturated carbocycles. The third kappa shape index (κ3) is 5.30. The van der Waals surface area contributed by atoms with E-state index in [0.29, 0.717) is 0 Å². The number of nitrogens with one attached hydrogen (secondary N) is 1. The number of hydrogen-bond acceptors (Lipinski definition) is 5. The monoisotopic (exact) mass is 231 g/mol. The first kappa shape index (κ1) is 14.4. The Morgan fingerprint density at radius 3 is 2.38 bits per heavy atom. The summed E-state index contributed by atoms with van der Waals surface area (Å²) in [5.41, 5.74) is 10.3. The molecule has 16 heavy (non-hydrogen) atoms. The lowest BCUT2D eigenvalue weighted by atomic mass is 10.2. The van der Waals surface area contributed by atoms with E-state index in [4.69, 9.17) is 11.5 Å². The van der Waals surface area contributed by atoms with E-state index in [-0.39, 0.29) is 13.0 Å². The number of primary amides is 1. The summed E-state index contributed by atoms with van der Waals surface area (Å²) in [6, 6.07) is -1.85. The van der Waals surface area contributed by atoms with Gasteiger partial charge in [0.1, 0.15) is 0 Å². The molecule has 0 aliphatic rings. The van der Waals surface area contributed by atoms with Gasteiger partial charge in [0, 0.05) is 12.5 Å². The highest BCUT2D eigenvalue weighted by molar-refractivity contribution is 6.01. The highest BCUT2D eigenvalue weighted by Crippen LogP contribution is 1.92. The molecular formula is C9H17N3O4. The Bertz CT molecular complexity index is 280. The van der Waals surface area contributed by atoms with Gasteiger partial charge in [-0.25, -0.2) is 4.79 Å². The molecule has 0 spiro atoms. The SMILES string of the molecule is CCOC(=O)C(N)C(=O)NC(C)CC(N)=O. The molecule has 0 radical (unpaired) electrons. The summed E-state index contributed by atoms with van der Waals surface area (Å²) in [7, 11) is 0. The Hall–Kier alpha value is -1.63. The number of amides is 2. The maximum Gasteiger partial charge on any atom is 0.332 e. The molecule has 92 valence electrons. The fraction of sp³-hybridized carbons (Fsp3) is 0.667. The Morgan fingerprint density at radius 1 is 1.38 bits per heavy atom. The number of nitrogens with two attached hydrogens (primary N) is 2. The van der Waals surface area contributed by atoms with Crippen LogP contribution in [0, 0.1) is 0 Å². The first-order valence-corrected chi connectivity index (χ1v) is 4.89. The van der Waals surface area contributed by atoms with Gasteiger partial charge in [-0.3, -0.25) is 9.59 Å². The van der Waals surface area contributed by atoms with Crippen LogP contribution in [0.4, 0.5) is 0 Å². The summed E-state index contributed by atoms with van der Waals surface area (Å²) in [5, 5.41) is 2.38. The zero-order valence-electron chi connectivity index (χ0n) is 9.36. The Balaban J connectivity index is 4.14. The van der Waals surface area contributed by atoms with E-state index >= 15 is 0 Å². The highest BCUT2D eigenvalue weighted by atomic mass is 16.5. The van der Waals surface area contributed by atoms with Crippen LogP contribution in [0.15, 0.2) is 0 Å². The van der Waals surface area contributed by atoms with Crippen LogP contribution >= 0.6 is 0 Å². The lowest BCUT2D eigenvalue weighted by molar-refractivity contribution is -0.148. The van der Waals surface area contributed by atoms with E-state index in [0.717, 1.165) is 0 Å². The van der Waals surface area contributed by atoms with Crippen molar-refractivity contribution in [1.82, 2.24) is 5.32 Å². The molecule has 0 aliphatic heterocycles. The lowest BCUT2D eigenvalue weighted by Crippen LogP contribution is -2.50. The van der Waals surface area contributed by atoms with Crippen molar-refractivity contribution < 1.29 is 19.1 Å². The van der Waals surface area contributed by atoms with E-state index in [9.17, 15) is 14.4 Å². The van der Waals surface area contributed by atoms with Crippen LogP contribution in [-0.4, -0.2) is 36.5 Å². The van der Waals surface area contributed by atoms with Gasteiger partial charge in [-0.05, 0) is 13.8 Å². The van der Waals surface area contributed by atoms with Crippen molar-refractivity contribution in [3.63, 3.8) is 0 Å². The Morgan fingerprint density at radius 2 is 1.94 bits per heavy atom. The van der Waals surface area contributed by atoms with Gasteiger partial charge in [0.05, 0.1) is 6.61 Å². The molecule has 2 unspecified atom stereocenters. The number of carbonyl (C=O) groups excluding carboxylic acids is 3. The van der Waals surface area contributed by atoms with Crippen LogP contribution in [0.2, 0.25) is 0 Å². The second-order valence-electron chi connectivity index (χ2n) is 3.31. The van der Waals surface area contributed by atoms with Crippen molar-refractivity contribution in [1.29, 1.82) is 0 Å². The summed E-state index contributed by atoms with van der Waals surface area (Å²) in [6.45, 7) is 3.34. The van der Waals surface area contributed by atoms with E-state index in [1.807, 2.05) is 0 Å². The molecule has 0 aromatic heterocycles. The second-order valence-corrected chi connectivity index (χ2v) is 3.31. The summed E-state index contributed by atoms with van der Waals surface area (Å²) in [6.07, 6.45) is -0.0126. The third-order valence-electron chi connectivity index (χ3n) is 1.72. The predicted molar refractivity (Wildman–Crippen MR) is 56.0 cm³/mol. The number of rotatable bonds is 6. The van der Waals surface area contributed by atoms with Gasteiger partial charge < -0.3 is 21.5 Å². The van der Waals surface area contributed by atoms with Gasteiger partial charge in [-0.1, -0.05) is 0 Å². The molecule has 0 heterocycles. The maximum absolute atomic E-state index is 11.4. The quantitative estimate of drug-likeness (QED) is 0.369. The topological polar surface area (TPSA) is 125 Å². The van der Waals surface area contributed by atoms with E-state index in [1.165, 1.54) is 0 Å². The van der Waals surface area contributed by atoms with Gasteiger partial charge in [0.2, 0.25) is 11.8 Å². The summed E-state index contributed by atoms with van der Waals surface area (Å²) in [4.78, 5) is 33.0. The average molecular weight is 231 g/mol. The van der Waals surface area contributed by atoms with Crippen LogP contribution in [0.3, 0.4) is 0 Å². The molecule has 0 aromatic rings. The predicted octanol–water partition coefficient (Wildman–Crippen LogP) is -1.74. The van der Waals surface area contributed by atoms with Crippen molar-refractivity contribution in [3.8, 4) is 0 Å². The minimum atomic E-state index is -1.38. The minimum absolute atomic E-state index is 0.0126. The Labute approximate surface area is 93.5 Å². The Kier molecular flexibility index (Phi) is 6.09. The van der Waals surface area contributed by atoms with Gasteiger partial charge in [0.15, 0.2) is 6.04 Å². The van der Waals surface area contributed by atoms with Crippen molar-refractivity contribution in [2.24, 2.45) is 11.5 Å². The standard InChI is InChI=1S/C9H17N3O4/c1-3-16-9(15)7(11)8(14)12-5(2)4-6(10)13/h5,7H,3-4,11H2,1-2H3,(H2,10,13)(H,12,14). The molecule has 0 rings (SSSR count). The van der Waals surface area contributed by atoms with Crippen molar-refractivity contribution in [2.75, 3.05) is 6.61 Å². The number of esters is 1. The van der Waals surface area contributed by atoms with Crippen LogP contribution in [0.5, 0.6) is 0 Å². The first-order chi connectivity index (χ1) is 7.38. The molecule has 7 nitrogen and oxygen atoms in total. The van der Waals surface area contributed by atoms with Crippen LogP contribution in [-0.2, 0) is 19.1 Å². The molecular weight excluding hydrogens is 214 g/mol. The third-order valence-corrected chi connectivity index (χ3v) is 1.72. The molecule has 0 aromatic carbocycles. The maximum atomic E-state index is 11.4. The van der Waals surface area contributed by atoms with Crippen LogP contribution in [0.1, 0.15) is 20.3 Å². The first-order valence-electron chi connectivity index (χ1n) is 4.89. The van der Waals surface area contributed by atoms with Gasteiger partial charge in [-0.15, -0.1) is 0 Å². The molecule has 2 atom stereocenters. The van der Waals surface area contributed by atoms with E-state index < -0.39 is 29.9 Å². The smallest absolute Gasteiger partial charge is 0.332 e. The lowest BCUT2D eigenvalue weighted by Gasteiger charge is -2.15. The summed E-state index contributed by atoms with van der Waals surface area (Å²) >= 11 is 0. The second kappa shape index (κ2) is 6.78. The molecule has 5 N–H and O–H groups in total. The molecule has 7 heteroatoms. The fourth-order valence-corrected chi connectivity index (χ4v) is 1.02. The number of ether oxygens (including phenoxy) is 1. The van der Waals surface area contributed by atoms with Gasteiger partial charge >= 0.3 is 5.97 Å². The zero-order chi connectivity index (χ0) is 12.7. The number of hydrogen-bond donors (Lipinski definition) is 3. The summed E-state index contributed by atoms with van der Waals surface area (Å²) in [5.74, 6) is -2.03. The van der Waals surface area contributed by atoms with Crippen molar-refractivity contribution in [3.05, 3.63) is 0 Å². The van der Waals surface area contributed by atoms with Crippen molar-refractivity contribution in [2.45, 2.75) is 32.4 Å². The van der Waals surface area contributed by atoms with Gasteiger partial charge in [-0.2, -0.15) is 0 Å². The zero-order valence-corrected chi connectivity index (χ0v) is 9.36. The molecule has 2 amide bonds. The molecule has 0 saturated heterocycles. The van der Waals surface area contributed by atoms with Crippen molar-refractivity contribution >= 4 is 17.8 Å². The summed E-state index contributed by atoms with van der Waals surface area (Å²) < 4.78 is 4.57.